The molecule has 6 nitrogen and oxygen atoms in total. The van der Waals surface area contributed by atoms with E-state index in [1.54, 1.807) is 18.3 Å². The Morgan fingerprint density at radius 2 is 1.68 bits per heavy atom. The molecule has 0 aliphatic carbocycles. The van der Waals surface area contributed by atoms with Crippen LogP contribution in [0.15, 0.2) is 85.1 Å². The van der Waals surface area contributed by atoms with Gasteiger partial charge < -0.3 is 14.7 Å². The number of rotatable bonds is 6. The molecule has 0 spiro atoms. The topological polar surface area (TPSA) is 52.6 Å². The molecule has 37 heavy (non-hydrogen) atoms. The van der Waals surface area contributed by atoms with Crippen molar-refractivity contribution in [1.29, 1.82) is 0 Å². The van der Waals surface area contributed by atoms with E-state index in [0.29, 0.717) is 55.6 Å². The Morgan fingerprint density at radius 1 is 0.946 bits per heavy atom. The zero-order chi connectivity index (χ0) is 25.8. The molecule has 0 saturated carbocycles. The maximum atomic E-state index is 14.3. The molecule has 1 aliphatic heterocycles. The van der Waals surface area contributed by atoms with Crippen molar-refractivity contribution >= 4 is 23.1 Å². The lowest BCUT2D eigenvalue weighted by atomic mass is 10.1. The summed E-state index contributed by atoms with van der Waals surface area (Å²) in [5.41, 5.74) is 4.02. The van der Waals surface area contributed by atoms with E-state index in [1.807, 2.05) is 78.2 Å². The molecule has 7 heteroatoms. The van der Waals surface area contributed by atoms with E-state index in [-0.39, 0.29) is 11.7 Å². The summed E-state index contributed by atoms with van der Waals surface area (Å²) in [7, 11) is 0. The summed E-state index contributed by atoms with van der Waals surface area (Å²) >= 11 is 0. The molecule has 1 aliphatic rings. The van der Waals surface area contributed by atoms with Crippen LogP contribution in [0.5, 0.6) is 0 Å². The highest BCUT2D eigenvalue weighted by Crippen LogP contribution is 2.30. The summed E-state index contributed by atoms with van der Waals surface area (Å²) in [5, 5.41) is 0. The first-order valence-corrected chi connectivity index (χ1v) is 12.6. The molecule has 0 radical (unpaired) electrons. The SMILES string of the molecule is CCN(c1cccc(C)c1)c1nc(-c2ccccc2)ncc1C(=O)N1CCN(c2ccccc2F)CC1. The number of carbonyl (C=O) groups excluding carboxylic acids is 1. The minimum atomic E-state index is -0.244. The Kier molecular flexibility index (Phi) is 7.12. The first-order chi connectivity index (χ1) is 18.0. The summed E-state index contributed by atoms with van der Waals surface area (Å²) in [4.78, 5) is 29.2. The van der Waals surface area contributed by atoms with Crippen molar-refractivity contribution in [3.8, 4) is 11.4 Å². The van der Waals surface area contributed by atoms with Gasteiger partial charge in [-0.3, -0.25) is 4.79 Å². The molecule has 2 heterocycles. The second-order valence-electron chi connectivity index (χ2n) is 9.11. The average molecular weight is 496 g/mol. The Labute approximate surface area is 217 Å². The van der Waals surface area contributed by atoms with E-state index in [1.165, 1.54) is 6.07 Å². The van der Waals surface area contributed by atoms with Crippen molar-refractivity contribution in [1.82, 2.24) is 14.9 Å². The largest absolute Gasteiger partial charge is 0.366 e. The van der Waals surface area contributed by atoms with Crippen LogP contribution in [0.2, 0.25) is 0 Å². The number of amides is 1. The van der Waals surface area contributed by atoms with E-state index in [2.05, 4.69) is 16.0 Å². The predicted molar refractivity (Wildman–Crippen MR) is 146 cm³/mol. The lowest BCUT2D eigenvalue weighted by molar-refractivity contribution is 0.0746. The third kappa shape index (κ3) is 5.16. The van der Waals surface area contributed by atoms with Gasteiger partial charge in [-0.05, 0) is 43.7 Å². The van der Waals surface area contributed by atoms with E-state index in [0.717, 1.165) is 16.8 Å². The fourth-order valence-electron chi connectivity index (χ4n) is 4.74. The van der Waals surface area contributed by atoms with Gasteiger partial charge in [-0.2, -0.15) is 0 Å². The molecular weight excluding hydrogens is 465 g/mol. The zero-order valence-electron chi connectivity index (χ0n) is 21.1. The second-order valence-corrected chi connectivity index (χ2v) is 9.11. The van der Waals surface area contributed by atoms with Crippen LogP contribution in [-0.4, -0.2) is 53.5 Å². The van der Waals surface area contributed by atoms with Crippen molar-refractivity contribution in [2.45, 2.75) is 13.8 Å². The van der Waals surface area contributed by atoms with Crippen molar-refractivity contribution in [3.63, 3.8) is 0 Å². The molecule has 1 amide bonds. The Bertz CT molecular complexity index is 1390. The number of aromatic nitrogens is 2. The molecular formula is C30H30FN5O. The van der Waals surface area contributed by atoms with Crippen LogP contribution < -0.4 is 9.80 Å². The van der Waals surface area contributed by atoms with Crippen LogP contribution in [0.1, 0.15) is 22.8 Å². The summed E-state index contributed by atoms with van der Waals surface area (Å²) < 4.78 is 14.3. The molecule has 0 bridgehead atoms. The quantitative estimate of drug-likeness (QED) is 0.343. The van der Waals surface area contributed by atoms with Gasteiger partial charge in [0, 0.05) is 50.2 Å². The number of piperazine rings is 1. The molecule has 0 atom stereocenters. The van der Waals surface area contributed by atoms with Crippen LogP contribution >= 0.6 is 0 Å². The average Bonchev–Trinajstić information content (AvgIpc) is 2.94. The van der Waals surface area contributed by atoms with Gasteiger partial charge in [0.2, 0.25) is 0 Å². The van der Waals surface area contributed by atoms with Gasteiger partial charge in [-0.25, -0.2) is 14.4 Å². The minimum absolute atomic E-state index is 0.117. The molecule has 1 fully saturated rings. The molecule has 4 aromatic rings. The lowest BCUT2D eigenvalue weighted by Crippen LogP contribution is -2.49. The van der Waals surface area contributed by atoms with E-state index in [9.17, 15) is 9.18 Å². The van der Waals surface area contributed by atoms with E-state index < -0.39 is 0 Å². The van der Waals surface area contributed by atoms with Crippen molar-refractivity contribution in [2.75, 3.05) is 42.5 Å². The van der Waals surface area contributed by atoms with Crippen molar-refractivity contribution in [3.05, 3.63) is 102 Å². The van der Waals surface area contributed by atoms with E-state index in [4.69, 9.17) is 4.98 Å². The number of carbonyl (C=O) groups is 1. The summed E-state index contributed by atoms with van der Waals surface area (Å²) in [5.74, 6) is 0.797. The summed E-state index contributed by atoms with van der Waals surface area (Å²) in [6.07, 6.45) is 1.65. The zero-order valence-corrected chi connectivity index (χ0v) is 21.1. The maximum Gasteiger partial charge on any atom is 0.259 e. The first kappa shape index (κ1) is 24.4. The van der Waals surface area contributed by atoms with E-state index >= 15 is 0 Å². The third-order valence-corrected chi connectivity index (χ3v) is 6.68. The van der Waals surface area contributed by atoms with Gasteiger partial charge in [-0.1, -0.05) is 54.6 Å². The van der Waals surface area contributed by atoms with Gasteiger partial charge in [0.15, 0.2) is 5.82 Å². The number of nitrogens with zero attached hydrogens (tertiary/aromatic N) is 5. The Hall–Kier alpha value is -4.26. The standard InChI is InChI=1S/C30H30FN5O/c1-3-36(24-13-9-10-22(2)20-24)29-25(21-32-28(33-29)23-11-5-4-6-12-23)30(37)35-18-16-34(17-19-35)27-15-8-7-14-26(27)31/h4-15,20-21H,3,16-19H2,1-2H3. The highest BCUT2D eigenvalue weighted by molar-refractivity contribution is 6.00. The van der Waals surface area contributed by atoms with Crippen molar-refractivity contribution < 1.29 is 9.18 Å². The van der Waals surface area contributed by atoms with Crippen LogP contribution in [0, 0.1) is 12.7 Å². The highest BCUT2D eigenvalue weighted by atomic mass is 19.1. The van der Waals surface area contributed by atoms with Gasteiger partial charge in [0.25, 0.3) is 5.91 Å². The number of benzene rings is 3. The number of hydrogen-bond donors (Lipinski definition) is 0. The number of halogens is 1. The molecule has 5 rings (SSSR count). The van der Waals surface area contributed by atoms with Gasteiger partial charge in [0.1, 0.15) is 17.2 Å². The van der Waals surface area contributed by atoms with Crippen LogP contribution in [0.3, 0.4) is 0 Å². The highest BCUT2D eigenvalue weighted by Gasteiger charge is 2.28. The maximum absolute atomic E-state index is 14.3. The first-order valence-electron chi connectivity index (χ1n) is 12.6. The smallest absolute Gasteiger partial charge is 0.259 e. The number of aryl methyl sites for hydroxylation is 1. The second kappa shape index (κ2) is 10.8. The van der Waals surface area contributed by atoms with Gasteiger partial charge >= 0.3 is 0 Å². The van der Waals surface area contributed by atoms with Crippen molar-refractivity contribution in [2.24, 2.45) is 0 Å². The Morgan fingerprint density at radius 3 is 2.38 bits per heavy atom. The fourth-order valence-corrected chi connectivity index (χ4v) is 4.74. The summed E-state index contributed by atoms with van der Waals surface area (Å²) in [6.45, 7) is 6.83. The number of para-hydroxylation sites is 1. The molecule has 1 saturated heterocycles. The van der Waals surface area contributed by atoms with Crippen LogP contribution in [0.4, 0.5) is 21.6 Å². The van der Waals surface area contributed by atoms with Gasteiger partial charge in [-0.15, -0.1) is 0 Å². The van der Waals surface area contributed by atoms with Gasteiger partial charge in [0.05, 0.1) is 5.69 Å². The van der Waals surface area contributed by atoms with Crippen LogP contribution in [-0.2, 0) is 0 Å². The number of hydrogen-bond acceptors (Lipinski definition) is 5. The third-order valence-electron chi connectivity index (χ3n) is 6.68. The molecule has 188 valence electrons. The fraction of sp³-hybridized carbons (Fsp3) is 0.233. The van der Waals surface area contributed by atoms with Crippen LogP contribution in [0.25, 0.3) is 11.4 Å². The number of anilines is 3. The predicted octanol–water partition coefficient (Wildman–Crippen LogP) is 5.71. The Balaban J connectivity index is 1.47. The summed E-state index contributed by atoms with van der Waals surface area (Å²) in [6, 6.07) is 24.7. The monoisotopic (exact) mass is 495 g/mol. The molecule has 3 aromatic carbocycles. The minimum Gasteiger partial charge on any atom is -0.366 e. The lowest BCUT2D eigenvalue weighted by Gasteiger charge is -2.36. The molecule has 0 unspecified atom stereocenters. The molecule has 0 N–H and O–H groups in total. The molecule has 1 aromatic heterocycles. The normalized spacial score (nSPS) is 13.5.